The molecule has 3 nitrogen and oxygen atoms in total. The number of hydrogen-bond acceptors (Lipinski definition) is 3. The van der Waals surface area contributed by atoms with Crippen molar-refractivity contribution in [1.29, 1.82) is 0 Å². The molecule has 0 bridgehead atoms. The molecule has 0 aliphatic heterocycles. The van der Waals surface area contributed by atoms with Crippen molar-refractivity contribution in [3.05, 3.63) is 59.7 Å². The summed E-state index contributed by atoms with van der Waals surface area (Å²) in [7, 11) is 0. The fraction of sp³-hybridized carbons (Fsp3) is 0.154. The zero-order valence-corrected chi connectivity index (χ0v) is 9.36. The van der Waals surface area contributed by atoms with Crippen molar-refractivity contribution < 1.29 is 4.39 Å². The molecule has 0 atom stereocenters. The number of nitrogens with one attached hydrogen (secondary N) is 1. The van der Waals surface area contributed by atoms with Gasteiger partial charge in [0.1, 0.15) is 5.82 Å². The van der Waals surface area contributed by atoms with Crippen LogP contribution in [-0.4, -0.2) is 4.98 Å². The van der Waals surface area contributed by atoms with E-state index in [0.29, 0.717) is 13.1 Å². The van der Waals surface area contributed by atoms with Crippen LogP contribution in [0.2, 0.25) is 0 Å². The van der Waals surface area contributed by atoms with Crippen molar-refractivity contribution in [2.45, 2.75) is 13.1 Å². The van der Waals surface area contributed by atoms with E-state index < -0.39 is 0 Å². The van der Waals surface area contributed by atoms with Crippen LogP contribution >= 0.6 is 0 Å². The maximum Gasteiger partial charge on any atom is 0.123 e. The molecule has 4 heteroatoms. The SMILES string of the molecule is NCc1cccc(CNc2ccc(F)cc2)n1. The molecule has 0 aliphatic rings. The monoisotopic (exact) mass is 231 g/mol. The van der Waals surface area contributed by atoms with E-state index in [-0.39, 0.29) is 5.82 Å². The van der Waals surface area contributed by atoms with Crippen LogP contribution in [0.4, 0.5) is 10.1 Å². The molecule has 0 spiro atoms. The van der Waals surface area contributed by atoms with Gasteiger partial charge in [0.25, 0.3) is 0 Å². The number of aromatic nitrogens is 1. The van der Waals surface area contributed by atoms with Crippen molar-refractivity contribution in [1.82, 2.24) is 4.98 Å². The Kier molecular flexibility index (Phi) is 3.67. The number of benzene rings is 1. The third-order valence-corrected chi connectivity index (χ3v) is 2.39. The number of pyridine rings is 1. The van der Waals surface area contributed by atoms with E-state index in [1.807, 2.05) is 18.2 Å². The molecule has 1 aromatic heterocycles. The largest absolute Gasteiger partial charge is 0.379 e. The number of rotatable bonds is 4. The normalized spacial score (nSPS) is 10.2. The molecule has 0 radical (unpaired) electrons. The van der Waals surface area contributed by atoms with Gasteiger partial charge < -0.3 is 11.1 Å². The fourth-order valence-corrected chi connectivity index (χ4v) is 1.50. The second-order valence-corrected chi connectivity index (χ2v) is 3.68. The molecule has 0 saturated heterocycles. The minimum Gasteiger partial charge on any atom is -0.379 e. The summed E-state index contributed by atoms with van der Waals surface area (Å²) in [5.74, 6) is -0.237. The molecule has 2 aromatic rings. The Morgan fingerprint density at radius 1 is 1.06 bits per heavy atom. The maximum absolute atomic E-state index is 12.7. The molecule has 0 unspecified atom stereocenters. The number of nitrogens with zero attached hydrogens (tertiary/aromatic N) is 1. The van der Waals surface area contributed by atoms with E-state index in [1.54, 1.807) is 12.1 Å². The predicted molar refractivity (Wildman–Crippen MR) is 65.9 cm³/mol. The molecular weight excluding hydrogens is 217 g/mol. The lowest BCUT2D eigenvalue weighted by Gasteiger charge is -2.06. The zero-order valence-electron chi connectivity index (χ0n) is 9.36. The highest BCUT2D eigenvalue weighted by atomic mass is 19.1. The molecule has 0 aliphatic carbocycles. The molecule has 17 heavy (non-hydrogen) atoms. The Balaban J connectivity index is 1.99. The Hall–Kier alpha value is -1.94. The van der Waals surface area contributed by atoms with Gasteiger partial charge in [0.05, 0.1) is 17.9 Å². The average molecular weight is 231 g/mol. The van der Waals surface area contributed by atoms with Crippen molar-refractivity contribution in [2.24, 2.45) is 5.73 Å². The summed E-state index contributed by atoms with van der Waals surface area (Å²) in [4.78, 5) is 4.36. The number of hydrogen-bond donors (Lipinski definition) is 2. The summed E-state index contributed by atoms with van der Waals surface area (Å²) >= 11 is 0. The molecular formula is C13H14FN3. The lowest BCUT2D eigenvalue weighted by Crippen LogP contribution is -2.05. The first-order chi connectivity index (χ1) is 8.28. The van der Waals surface area contributed by atoms with Crippen molar-refractivity contribution in [2.75, 3.05) is 5.32 Å². The first-order valence-corrected chi connectivity index (χ1v) is 5.42. The van der Waals surface area contributed by atoms with Crippen LogP contribution in [0.3, 0.4) is 0 Å². The van der Waals surface area contributed by atoms with Gasteiger partial charge in [-0.3, -0.25) is 4.98 Å². The van der Waals surface area contributed by atoms with E-state index >= 15 is 0 Å². The summed E-state index contributed by atoms with van der Waals surface area (Å²) in [6, 6.07) is 12.0. The van der Waals surface area contributed by atoms with E-state index in [0.717, 1.165) is 17.1 Å². The van der Waals surface area contributed by atoms with Gasteiger partial charge in [0.2, 0.25) is 0 Å². The van der Waals surface area contributed by atoms with Gasteiger partial charge >= 0.3 is 0 Å². The Morgan fingerprint density at radius 2 is 1.76 bits per heavy atom. The summed E-state index contributed by atoms with van der Waals surface area (Å²) in [6.45, 7) is 1.03. The molecule has 3 N–H and O–H groups in total. The summed E-state index contributed by atoms with van der Waals surface area (Å²) < 4.78 is 12.7. The molecule has 1 aromatic carbocycles. The van der Waals surface area contributed by atoms with Gasteiger partial charge in [-0.2, -0.15) is 0 Å². The third kappa shape index (κ3) is 3.26. The lowest BCUT2D eigenvalue weighted by molar-refractivity contribution is 0.628. The van der Waals surface area contributed by atoms with Crippen LogP contribution in [0.25, 0.3) is 0 Å². The topological polar surface area (TPSA) is 50.9 Å². The number of halogens is 1. The first-order valence-electron chi connectivity index (χ1n) is 5.42. The highest BCUT2D eigenvalue weighted by Gasteiger charge is 1.97. The van der Waals surface area contributed by atoms with Crippen molar-refractivity contribution in [3.8, 4) is 0 Å². The van der Waals surface area contributed by atoms with Crippen LogP contribution in [0.1, 0.15) is 11.4 Å². The molecule has 1 heterocycles. The lowest BCUT2D eigenvalue weighted by atomic mass is 10.2. The second-order valence-electron chi connectivity index (χ2n) is 3.68. The van der Waals surface area contributed by atoms with Gasteiger partial charge in [0, 0.05) is 12.2 Å². The summed E-state index contributed by atoms with van der Waals surface area (Å²) in [5.41, 5.74) is 8.16. The van der Waals surface area contributed by atoms with E-state index in [9.17, 15) is 4.39 Å². The number of anilines is 1. The Labute approximate surface area is 99.5 Å². The molecule has 0 fully saturated rings. The van der Waals surface area contributed by atoms with Crippen LogP contribution in [0.15, 0.2) is 42.5 Å². The Bertz CT molecular complexity index is 482. The van der Waals surface area contributed by atoms with Gasteiger partial charge in [-0.15, -0.1) is 0 Å². The summed E-state index contributed by atoms with van der Waals surface area (Å²) in [5, 5.41) is 3.17. The smallest absolute Gasteiger partial charge is 0.123 e. The van der Waals surface area contributed by atoms with Gasteiger partial charge in [-0.25, -0.2) is 4.39 Å². The third-order valence-electron chi connectivity index (χ3n) is 2.39. The zero-order chi connectivity index (χ0) is 12.1. The van der Waals surface area contributed by atoms with Crippen LogP contribution in [-0.2, 0) is 13.1 Å². The first kappa shape index (κ1) is 11.5. The van der Waals surface area contributed by atoms with Gasteiger partial charge in [0.15, 0.2) is 0 Å². The second kappa shape index (κ2) is 5.41. The standard InChI is InChI=1S/C13H14FN3/c14-10-4-6-11(7-5-10)16-9-13-3-1-2-12(8-15)17-13/h1-7,16H,8-9,15H2. The van der Waals surface area contributed by atoms with E-state index in [2.05, 4.69) is 10.3 Å². The van der Waals surface area contributed by atoms with Crippen molar-refractivity contribution in [3.63, 3.8) is 0 Å². The van der Waals surface area contributed by atoms with Gasteiger partial charge in [-0.1, -0.05) is 6.07 Å². The number of nitrogens with two attached hydrogens (primary N) is 1. The van der Waals surface area contributed by atoms with E-state index in [1.165, 1.54) is 12.1 Å². The Morgan fingerprint density at radius 3 is 2.47 bits per heavy atom. The molecule has 0 saturated carbocycles. The van der Waals surface area contributed by atoms with Crippen LogP contribution < -0.4 is 11.1 Å². The maximum atomic E-state index is 12.7. The minimum atomic E-state index is -0.237. The van der Waals surface area contributed by atoms with Gasteiger partial charge in [-0.05, 0) is 36.4 Å². The molecule has 0 amide bonds. The van der Waals surface area contributed by atoms with Crippen LogP contribution in [0.5, 0.6) is 0 Å². The predicted octanol–water partition coefficient (Wildman–Crippen LogP) is 2.29. The highest BCUT2D eigenvalue weighted by molar-refractivity contribution is 5.43. The molecule has 88 valence electrons. The highest BCUT2D eigenvalue weighted by Crippen LogP contribution is 2.09. The van der Waals surface area contributed by atoms with E-state index in [4.69, 9.17) is 5.73 Å². The molecule has 2 rings (SSSR count). The fourth-order valence-electron chi connectivity index (χ4n) is 1.50. The van der Waals surface area contributed by atoms with Crippen molar-refractivity contribution >= 4 is 5.69 Å². The van der Waals surface area contributed by atoms with Crippen LogP contribution in [0, 0.1) is 5.82 Å². The quantitative estimate of drug-likeness (QED) is 0.848. The summed E-state index contributed by atoms with van der Waals surface area (Å²) in [6.07, 6.45) is 0. The minimum absolute atomic E-state index is 0.237. The average Bonchev–Trinajstić information content (AvgIpc) is 2.38.